The summed E-state index contributed by atoms with van der Waals surface area (Å²) in [7, 11) is 0. The third kappa shape index (κ3) is 2.72. The summed E-state index contributed by atoms with van der Waals surface area (Å²) in [5.74, 6) is -0.562. The summed E-state index contributed by atoms with van der Waals surface area (Å²) in [6.45, 7) is 1.01. The van der Waals surface area contributed by atoms with Gasteiger partial charge in [0.1, 0.15) is 6.04 Å². The highest BCUT2D eigenvalue weighted by molar-refractivity contribution is 5.88. The lowest BCUT2D eigenvalue weighted by atomic mass is 9.92. The van der Waals surface area contributed by atoms with Crippen molar-refractivity contribution in [3.05, 3.63) is 53.9 Å². The van der Waals surface area contributed by atoms with Gasteiger partial charge in [-0.1, -0.05) is 24.3 Å². The van der Waals surface area contributed by atoms with Crippen LogP contribution in [-0.2, 0) is 22.6 Å². The highest BCUT2D eigenvalue weighted by Gasteiger charge is 2.34. The van der Waals surface area contributed by atoms with Crippen molar-refractivity contribution in [2.75, 3.05) is 6.54 Å². The first-order valence-corrected chi connectivity index (χ1v) is 7.31. The number of nitrogens with zero attached hydrogens (tertiary/aromatic N) is 3. The van der Waals surface area contributed by atoms with Crippen molar-refractivity contribution in [2.24, 2.45) is 5.73 Å². The molecular formula is C16H18N4O2. The van der Waals surface area contributed by atoms with Gasteiger partial charge < -0.3 is 10.6 Å². The Bertz CT molecular complexity index is 681. The third-order valence-corrected chi connectivity index (χ3v) is 3.99. The number of aryl methyl sites for hydroxylation is 1. The summed E-state index contributed by atoms with van der Waals surface area (Å²) in [5, 5.41) is 4.08. The predicted octanol–water partition coefficient (Wildman–Crippen LogP) is 0.884. The Balaban J connectivity index is 1.78. The minimum Gasteiger partial charge on any atom is -0.368 e. The minimum absolute atomic E-state index is 0.0752. The van der Waals surface area contributed by atoms with Crippen LogP contribution < -0.4 is 5.73 Å². The van der Waals surface area contributed by atoms with Crippen LogP contribution in [0.2, 0.25) is 0 Å². The highest BCUT2D eigenvalue weighted by atomic mass is 16.2. The Hall–Kier alpha value is -2.63. The molecule has 114 valence electrons. The Kier molecular flexibility index (Phi) is 3.91. The maximum absolute atomic E-state index is 12.5. The quantitative estimate of drug-likeness (QED) is 0.910. The van der Waals surface area contributed by atoms with Crippen LogP contribution in [-0.4, -0.2) is 33.0 Å². The lowest BCUT2D eigenvalue weighted by Gasteiger charge is -2.35. The Labute approximate surface area is 128 Å². The number of carbonyl (C=O) groups is 2. The fourth-order valence-electron chi connectivity index (χ4n) is 2.93. The average Bonchev–Trinajstić information content (AvgIpc) is 3.04. The second-order valence-electron chi connectivity index (χ2n) is 5.36. The maximum atomic E-state index is 12.5. The molecule has 0 fully saturated rings. The molecule has 1 aliphatic rings. The van der Waals surface area contributed by atoms with Gasteiger partial charge in [-0.15, -0.1) is 0 Å². The topological polar surface area (TPSA) is 81.2 Å². The summed E-state index contributed by atoms with van der Waals surface area (Å²) in [6.07, 6.45) is 4.53. The first-order chi connectivity index (χ1) is 10.7. The fraction of sp³-hybridized carbons (Fsp3) is 0.312. The molecule has 3 rings (SSSR count). The van der Waals surface area contributed by atoms with Crippen molar-refractivity contribution < 1.29 is 9.59 Å². The van der Waals surface area contributed by atoms with Gasteiger partial charge >= 0.3 is 0 Å². The zero-order chi connectivity index (χ0) is 15.5. The van der Waals surface area contributed by atoms with Crippen molar-refractivity contribution in [2.45, 2.75) is 25.4 Å². The van der Waals surface area contributed by atoms with Crippen LogP contribution in [0.4, 0.5) is 0 Å². The van der Waals surface area contributed by atoms with E-state index in [1.165, 1.54) is 0 Å². The first-order valence-electron chi connectivity index (χ1n) is 7.31. The summed E-state index contributed by atoms with van der Waals surface area (Å²) >= 11 is 0. The van der Waals surface area contributed by atoms with Gasteiger partial charge in [0.05, 0.1) is 0 Å². The van der Waals surface area contributed by atoms with E-state index in [2.05, 4.69) is 5.10 Å². The molecule has 22 heavy (non-hydrogen) atoms. The Morgan fingerprint density at radius 2 is 2.09 bits per heavy atom. The summed E-state index contributed by atoms with van der Waals surface area (Å²) < 4.78 is 1.70. The van der Waals surface area contributed by atoms with Gasteiger partial charge in [-0.3, -0.25) is 14.3 Å². The molecule has 0 bridgehead atoms. The number of hydrogen-bond donors (Lipinski definition) is 1. The largest absolute Gasteiger partial charge is 0.368 e. The van der Waals surface area contributed by atoms with E-state index in [1.54, 1.807) is 15.8 Å². The van der Waals surface area contributed by atoms with Crippen molar-refractivity contribution in [1.82, 2.24) is 14.7 Å². The number of amides is 2. The zero-order valence-corrected chi connectivity index (χ0v) is 12.2. The molecule has 6 heteroatoms. The van der Waals surface area contributed by atoms with Crippen LogP contribution in [0.3, 0.4) is 0 Å². The molecule has 1 atom stereocenters. The molecule has 0 spiro atoms. The van der Waals surface area contributed by atoms with Gasteiger partial charge in [-0.05, 0) is 23.6 Å². The van der Waals surface area contributed by atoms with E-state index in [9.17, 15) is 9.59 Å². The fourth-order valence-corrected chi connectivity index (χ4v) is 2.93. The normalized spacial score (nSPS) is 17.1. The maximum Gasteiger partial charge on any atom is 0.244 e. The van der Waals surface area contributed by atoms with Crippen molar-refractivity contribution in [3.8, 4) is 0 Å². The molecule has 1 unspecified atom stereocenters. The number of fused-ring (bicyclic) bond motifs is 1. The van der Waals surface area contributed by atoms with E-state index < -0.39 is 11.9 Å². The number of rotatable bonds is 4. The standard InChI is InChI=1S/C16H18N4O2/c17-16(22)15-13-5-2-1-4-12(13)6-11-20(15)14(21)7-10-19-9-3-8-18-19/h1-5,8-9,15H,6-7,10-11H2,(H2,17,22). The SMILES string of the molecule is NC(=O)C1c2ccccc2CCN1C(=O)CCn1cccn1. The molecule has 0 saturated heterocycles. The number of primary amides is 1. The summed E-state index contributed by atoms with van der Waals surface area (Å²) in [4.78, 5) is 26.0. The van der Waals surface area contributed by atoms with E-state index in [0.717, 1.165) is 17.5 Å². The predicted molar refractivity (Wildman–Crippen MR) is 80.6 cm³/mol. The molecule has 2 amide bonds. The highest BCUT2D eigenvalue weighted by Crippen LogP contribution is 2.29. The second kappa shape index (κ2) is 6.01. The first kappa shape index (κ1) is 14.3. The van der Waals surface area contributed by atoms with E-state index in [1.807, 2.05) is 36.5 Å². The van der Waals surface area contributed by atoms with Crippen LogP contribution in [0.5, 0.6) is 0 Å². The molecule has 0 radical (unpaired) electrons. The molecule has 2 heterocycles. The molecule has 6 nitrogen and oxygen atoms in total. The number of benzene rings is 1. The number of hydrogen-bond acceptors (Lipinski definition) is 3. The molecule has 1 aliphatic heterocycles. The van der Waals surface area contributed by atoms with Gasteiger partial charge in [0, 0.05) is 31.9 Å². The average molecular weight is 298 g/mol. The van der Waals surface area contributed by atoms with Gasteiger partial charge in [-0.2, -0.15) is 5.10 Å². The van der Waals surface area contributed by atoms with Crippen LogP contribution in [0, 0.1) is 0 Å². The van der Waals surface area contributed by atoms with Crippen molar-refractivity contribution >= 4 is 11.8 Å². The summed E-state index contributed by atoms with van der Waals surface area (Å²) in [5.41, 5.74) is 7.48. The van der Waals surface area contributed by atoms with E-state index in [-0.39, 0.29) is 5.91 Å². The molecular weight excluding hydrogens is 280 g/mol. The Morgan fingerprint density at radius 1 is 1.27 bits per heavy atom. The minimum atomic E-state index is -0.671. The lowest BCUT2D eigenvalue weighted by Crippen LogP contribution is -2.46. The molecule has 2 aromatic rings. The van der Waals surface area contributed by atoms with Gasteiger partial charge in [0.2, 0.25) is 11.8 Å². The van der Waals surface area contributed by atoms with Crippen LogP contribution in [0.25, 0.3) is 0 Å². The van der Waals surface area contributed by atoms with Gasteiger partial charge in [-0.25, -0.2) is 0 Å². The zero-order valence-electron chi connectivity index (χ0n) is 12.2. The monoisotopic (exact) mass is 298 g/mol. The van der Waals surface area contributed by atoms with E-state index in [0.29, 0.717) is 19.5 Å². The molecule has 2 N–H and O–H groups in total. The third-order valence-electron chi connectivity index (χ3n) is 3.99. The summed E-state index contributed by atoms with van der Waals surface area (Å²) in [6, 6.07) is 8.80. The molecule has 0 aliphatic carbocycles. The molecule has 1 aromatic heterocycles. The number of nitrogens with two attached hydrogens (primary N) is 1. The number of aromatic nitrogens is 2. The van der Waals surface area contributed by atoms with Crippen LogP contribution >= 0.6 is 0 Å². The van der Waals surface area contributed by atoms with Crippen LogP contribution in [0.15, 0.2) is 42.7 Å². The number of carbonyl (C=O) groups excluding carboxylic acids is 2. The molecule has 0 saturated carbocycles. The van der Waals surface area contributed by atoms with E-state index >= 15 is 0 Å². The van der Waals surface area contributed by atoms with Gasteiger partial charge in [0.15, 0.2) is 0 Å². The smallest absolute Gasteiger partial charge is 0.244 e. The van der Waals surface area contributed by atoms with Crippen LogP contribution in [0.1, 0.15) is 23.6 Å². The lowest BCUT2D eigenvalue weighted by molar-refractivity contribution is -0.140. The van der Waals surface area contributed by atoms with Gasteiger partial charge in [0.25, 0.3) is 0 Å². The molecule has 1 aromatic carbocycles. The second-order valence-corrected chi connectivity index (χ2v) is 5.36. The van der Waals surface area contributed by atoms with Crippen molar-refractivity contribution in [1.29, 1.82) is 0 Å². The Morgan fingerprint density at radius 3 is 2.82 bits per heavy atom. The van der Waals surface area contributed by atoms with Crippen molar-refractivity contribution in [3.63, 3.8) is 0 Å². The van der Waals surface area contributed by atoms with E-state index in [4.69, 9.17) is 5.73 Å².